The second-order valence-electron chi connectivity index (χ2n) is 6.66. The van der Waals surface area contributed by atoms with Gasteiger partial charge in [-0.2, -0.15) is 0 Å². The van der Waals surface area contributed by atoms with Crippen LogP contribution in [0.2, 0.25) is 0 Å². The maximum absolute atomic E-state index is 5.62. The molecule has 1 heterocycles. The van der Waals surface area contributed by atoms with E-state index in [1.807, 2.05) is 0 Å². The highest BCUT2D eigenvalue weighted by Crippen LogP contribution is 2.37. The standard InChI is InChI=1S/C17H34N2O2/c1-4-17(5-2)14-18-16(15-7-8-15)13-19(17)9-6-10-21-12-11-20-3/h15-16,18H,4-14H2,1-3H3. The summed E-state index contributed by atoms with van der Waals surface area (Å²) in [6, 6.07) is 0.727. The molecule has 1 saturated heterocycles. The molecule has 4 heteroatoms. The lowest BCUT2D eigenvalue weighted by atomic mass is 9.86. The first-order valence-corrected chi connectivity index (χ1v) is 8.81. The van der Waals surface area contributed by atoms with Crippen LogP contribution in [-0.2, 0) is 9.47 Å². The monoisotopic (exact) mass is 298 g/mol. The zero-order chi connectivity index (χ0) is 15.1. The molecule has 0 aromatic rings. The highest BCUT2D eigenvalue weighted by atomic mass is 16.5. The van der Waals surface area contributed by atoms with Gasteiger partial charge in [0, 0.05) is 44.9 Å². The number of methoxy groups -OCH3 is 1. The quantitative estimate of drug-likeness (QED) is 0.627. The molecule has 2 fully saturated rings. The fourth-order valence-electron chi connectivity index (χ4n) is 3.62. The van der Waals surface area contributed by atoms with Crippen LogP contribution in [0.25, 0.3) is 0 Å². The Hall–Kier alpha value is -0.160. The van der Waals surface area contributed by atoms with E-state index in [2.05, 4.69) is 24.1 Å². The smallest absolute Gasteiger partial charge is 0.0700 e. The molecule has 0 aromatic carbocycles. The van der Waals surface area contributed by atoms with Crippen LogP contribution in [-0.4, -0.2) is 63.0 Å². The van der Waals surface area contributed by atoms with Crippen molar-refractivity contribution in [2.45, 2.75) is 57.5 Å². The summed E-state index contributed by atoms with van der Waals surface area (Å²) in [5, 5.41) is 3.83. The first-order chi connectivity index (χ1) is 10.3. The molecule has 1 saturated carbocycles. The van der Waals surface area contributed by atoms with Crippen LogP contribution in [0.4, 0.5) is 0 Å². The topological polar surface area (TPSA) is 33.7 Å². The van der Waals surface area contributed by atoms with Gasteiger partial charge < -0.3 is 14.8 Å². The van der Waals surface area contributed by atoms with Gasteiger partial charge in [-0.3, -0.25) is 4.90 Å². The number of hydrogen-bond donors (Lipinski definition) is 1. The Morgan fingerprint density at radius 1 is 1.14 bits per heavy atom. The maximum Gasteiger partial charge on any atom is 0.0700 e. The van der Waals surface area contributed by atoms with Crippen molar-refractivity contribution in [1.29, 1.82) is 0 Å². The summed E-state index contributed by atoms with van der Waals surface area (Å²) in [5.41, 5.74) is 0.359. The zero-order valence-electron chi connectivity index (χ0n) is 14.2. The third-order valence-electron chi connectivity index (χ3n) is 5.44. The number of nitrogens with zero attached hydrogens (tertiary/aromatic N) is 1. The Balaban J connectivity index is 1.78. The Morgan fingerprint density at radius 3 is 2.52 bits per heavy atom. The van der Waals surface area contributed by atoms with Gasteiger partial charge in [0.2, 0.25) is 0 Å². The SMILES string of the molecule is CCC1(CC)CNC(C2CC2)CN1CCCOCCOC. The van der Waals surface area contributed by atoms with E-state index in [4.69, 9.17) is 9.47 Å². The number of hydrogen-bond acceptors (Lipinski definition) is 4. The van der Waals surface area contributed by atoms with Gasteiger partial charge in [0.05, 0.1) is 13.2 Å². The number of ether oxygens (including phenoxy) is 2. The largest absolute Gasteiger partial charge is 0.382 e. The van der Waals surface area contributed by atoms with E-state index in [1.165, 1.54) is 38.8 Å². The number of nitrogens with one attached hydrogen (secondary N) is 1. The summed E-state index contributed by atoms with van der Waals surface area (Å²) in [6.45, 7) is 10.5. The van der Waals surface area contributed by atoms with Gasteiger partial charge in [0.25, 0.3) is 0 Å². The second kappa shape index (κ2) is 8.47. The highest BCUT2D eigenvalue weighted by Gasteiger charge is 2.42. The van der Waals surface area contributed by atoms with Gasteiger partial charge in [0.1, 0.15) is 0 Å². The fourth-order valence-corrected chi connectivity index (χ4v) is 3.62. The summed E-state index contributed by atoms with van der Waals surface area (Å²) in [5.74, 6) is 0.942. The Labute approximate surface area is 130 Å². The third kappa shape index (κ3) is 4.65. The zero-order valence-corrected chi connectivity index (χ0v) is 14.2. The van der Waals surface area contributed by atoms with E-state index in [1.54, 1.807) is 7.11 Å². The molecule has 0 aromatic heterocycles. The lowest BCUT2D eigenvalue weighted by Gasteiger charge is -2.50. The lowest BCUT2D eigenvalue weighted by molar-refractivity contribution is 0.0139. The Bertz CT molecular complexity index is 291. The normalized spacial score (nSPS) is 26.1. The van der Waals surface area contributed by atoms with Crippen LogP contribution in [0.1, 0.15) is 46.0 Å². The van der Waals surface area contributed by atoms with Crippen LogP contribution in [0, 0.1) is 5.92 Å². The number of piperazine rings is 1. The minimum atomic E-state index is 0.359. The van der Waals surface area contributed by atoms with Crippen LogP contribution >= 0.6 is 0 Å². The van der Waals surface area contributed by atoms with Crippen molar-refractivity contribution in [2.24, 2.45) is 5.92 Å². The summed E-state index contributed by atoms with van der Waals surface area (Å²) in [6.07, 6.45) is 6.45. The van der Waals surface area contributed by atoms with Gasteiger partial charge in [-0.1, -0.05) is 13.8 Å². The summed E-state index contributed by atoms with van der Waals surface area (Å²) < 4.78 is 10.6. The molecule has 0 amide bonds. The van der Waals surface area contributed by atoms with Gasteiger partial charge in [-0.25, -0.2) is 0 Å². The Kier molecular flexibility index (Phi) is 6.93. The van der Waals surface area contributed by atoms with Gasteiger partial charge >= 0.3 is 0 Å². The van der Waals surface area contributed by atoms with E-state index in [9.17, 15) is 0 Å². The van der Waals surface area contributed by atoms with E-state index < -0.39 is 0 Å². The van der Waals surface area contributed by atoms with E-state index >= 15 is 0 Å². The molecule has 0 radical (unpaired) electrons. The summed E-state index contributed by atoms with van der Waals surface area (Å²) in [4.78, 5) is 2.76. The minimum Gasteiger partial charge on any atom is -0.382 e. The van der Waals surface area contributed by atoms with E-state index in [0.717, 1.165) is 38.1 Å². The molecule has 0 spiro atoms. The predicted molar refractivity (Wildman–Crippen MR) is 86.7 cm³/mol. The molecule has 2 aliphatic rings. The van der Waals surface area contributed by atoms with E-state index in [0.29, 0.717) is 12.1 Å². The fraction of sp³-hybridized carbons (Fsp3) is 1.00. The molecule has 124 valence electrons. The molecule has 1 N–H and O–H groups in total. The van der Waals surface area contributed by atoms with Crippen molar-refractivity contribution in [3.05, 3.63) is 0 Å². The van der Waals surface area contributed by atoms with Crippen molar-refractivity contribution >= 4 is 0 Å². The minimum absolute atomic E-state index is 0.359. The molecule has 1 aliphatic heterocycles. The molecular weight excluding hydrogens is 264 g/mol. The van der Waals surface area contributed by atoms with Gasteiger partial charge in [-0.15, -0.1) is 0 Å². The highest BCUT2D eigenvalue weighted by molar-refractivity contribution is 5.01. The first-order valence-electron chi connectivity index (χ1n) is 8.81. The molecule has 1 unspecified atom stereocenters. The lowest BCUT2D eigenvalue weighted by Crippen LogP contribution is -2.64. The molecule has 4 nitrogen and oxygen atoms in total. The van der Waals surface area contributed by atoms with Crippen molar-refractivity contribution < 1.29 is 9.47 Å². The van der Waals surface area contributed by atoms with Crippen LogP contribution in [0.3, 0.4) is 0 Å². The van der Waals surface area contributed by atoms with Crippen LogP contribution in [0.5, 0.6) is 0 Å². The first kappa shape index (κ1) is 17.2. The second-order valence-corrected chi connectivity index (χ2v) is 6.66. The molecule has 2 rings (SSSR count). The summed E-state index contributed by atoms with van der Waals surface area (Å²) >= 11 is 0. The average Bonchev–Trinajstić information content (AvgIpc) is 3.35. The van der Waals surface area contributed by atoms with Crippen LogP contribution < -0.4 is 5.32 Å². The average molecular weight is 298 g/mol. The number of rotatable bonds is 10. The maximum atomic E-state index is 5.62. The molecule has 0 bridgehead atoms. The van der Waals surface area contributed by atoms with Crippen molar-refractivity contribution in [3.8, 4) is 0 Å². The van der Waals surface area contributed by atoms with Crippen molar-refractivity contribution in [3.63, 3.8) is 0 Å². The predicted octanol–water partition coefficient (Wildman–Crippen LogP) is 2.28. The van der Waals surface area contributed by atoms with Gasteiger partial charge in [0.15, 0.2) is 0 Å². The van der Waals surface area contributed by atoms with Crippen LogP contribution in [0.15, 0.2) is 0 Å². The van der Waals surface area contributed by atoms with Crippen molar-refractivity contribution in [1.82, 2.24) is 10.2 Å². The van der Waals surface area contributed by atoms with Crippen molar-refractivity contribution in [2.75, 3.05) is 46.6 Å². The molecule has 1 atom stereocenters. The molecule has 1 aliphatic carbocycles. The molecule has 21 heavy (non-hydrogen) atoms. The Morgan fingerprint density at radius 2 is 1.90 bits per heavy atom. The molecular formula is C17H34N2O2. The van der Waals surface area contributed by atoms with Gasteiger partial charge in [-0.05, 0) is 38.0 Å². The van der Waals surface area contributed by atoms with E-state index in [-0.39, 0.29) is 0 Å². The third-order valence-corrected chi connectivity index (χ3v) is 5.44. The summed E-state index contributed by atoms with van der Waals surface area (Å²) in [7, 11) is 1.72.